The highest BCUT2D eigenvalue weighted by Crippen LogP contribution is 2.31. The van der Waals surface area contributed by atoms with E-state index in [0.717, 1.165) is 24.9 Å². The zero-order valence-corrected chi connectivity index (χ0v) is 13.6. The monoisotopic (exact) mass is 308 g/mol. The fourth-order valence-electron chi connectivity index (χ4n) is 3.27. The Kier molecular flexibility index (Phi) is 4.96. The minimum absolute atomic E-state index is 0.0156. The highest BCUT2D eigenvalue weighted by molar-refractivity contribution is 5.92. The lowest BCUT2D eigenvalue weighted by molar-refractivity contribution is 0.206. The van der Waals surface area contributed by atoms with E-state index in [-0.39, 0.29) is 6.03 Å². The van der Waals surface area contributed by atoms with Crippen molar-refractivity contribution in [1.82, 2.24) is 5.32 Å². The molecule has 1 fully saturated rings. The van der Waals surface area contributed by atoms with E-state index >= 15 is 0 Å². The number of carbonyl (C=O) groups is 1. The fraction of sp³-hybridized carbons (Fsp3) is 0.350. The third-order valence-electron chi connectivity index (χ3n) is 4.56. The van der Waals surface area contributed by atoms with Gasteiger partial charge in [0.1, 0.15) is 0 Å². The van der Waals surface area contributed by atoms with Gasteiger partial charge in [0.05, 0.1) is 0 Å². The Bertz CT molecular complexity index is 621. The first-order valence-electron chi connectivity index (χ1n) is 8.43. The van der Waals surface area contributed by atoms with Crippen LogP contribution in [0.5, 0.6) is 0 Å². The molecule has 2 amide bonds. The summed E-state index contributed by atoms with van der Waals surface area (Å²) in [5.74, 6) is 0.689. The molecule has 120 valence electrons. The van der Waals surface area contributed by atoms with Crippen LogP contribution >= 0.6 is 0 Å². The van der Waals surface area contributed by atoms with Gasteiger partial charge in [0.15, 0.2) is 0 Å². The predicted octanol–water partition coefficient (Wildman–Crippen LogP) is 4.24. The minimum Gasteiger partial charge on any atom is -0.335 e. The molecule has 0 atom stereocenters. The molecule has 1 aliphatic carbocycles. The van der Waals surface area contributed by atoms with Crippen LogP contribution in [0.15, 0.2) is 60.7 Å². The molecular formula is C20H24N2O. The zero-order valence-electron chi connectivity index (χ0n) is 13.6. The van der Waals surface area contributed by atoms with Crippen LogP contribution in [0.3, 0.4) is 0 Å². The standard InChI is InChI=1S/C20H24N2O/c1-2-22(19-11-7-4-8-12-19)20(23)21-18-14-17(15-18)13-16-9-5-3-6-10-16/h3-12,17-18H,2,13-15H2,1H3,(H,21,23). The lowest BCUT2D eigenvalue weighted by Crippen LogP contribution is -2.50. The Balaban J connectivity index is 1.48. The number of rotatable bonds is 5. The first-order chi connectivity index (χ1) is 11.3. The maximum absolute atomic E-state index is 12.5. The highest BCUT2D eigenvalue weighted by Gasteiger charge is 2.31. The smallest absolute Gasteiger partial charge is 0.322 e. The van der Waals surface area contributed by atoms with Crippen molar-refractivity contribution in [2.45, 2.75) is 32.2 Å². The maximum atomic E-state index is 12.5. The molecule has 0 spiro atoms. The summed E-state index contributed by atoms with van der Waals surface area (Å²) in [6.45, 7) is 2.68. The van der Waals surface area contributed by atoms with E-state index in [1.165, 1.54) is 5.56 Å². The predicted molar refractivity (Wildman–Crippen MR) is 94.7 cm³/mol. The van der Waals surface area contributed by atoms with Crippen molar-refractivity contribution >= 4 is 11.7 Å². The Morgan fingerprint density at radius 3 is 2.26 bits per heavy atom. The number of amides is 2. The molecule has 1 N–H and O–H groups in total. The van der Waals surface area contributed by atoms with E-state index in [2.05, 4.69) is 35.6 Å². The SMILES string of the molecule is CCN(C(=O)NC1CC(Cc2ccccc2)C1)c1ccccc1. The van der Waals surface area contributed by atoms with Gasteiger partial charge in [0.2, 0.25) is 0 Å². The molecular weight excluding hydrogens is 284 g/mol. The molecule has 1 saturated carbocycles. The van der Waals surface area contributed by atoms with Crippen molar-refractivity contribution in [1.29, 1.82) is 0 Å². The van der Waals surface area contributed by atoms with E-state index in [1.54, 1.807) is 4.90 Å². The first kappa shape index (κ1) is 15.6. The number of carbonyl (C=O) groups excluding carboxylic acids is 1. The van der Waals surface area contributed by atoms with Crippen molar-refractivity contribution in [2.75, 3.05) is 11.4 Å². The summed E-state index contributed by atoms with van der Waals surface area (Å²) >= 11 is 0. The fourth-order valence-corrected chi connectivity index (χ4v) is 3.27. The van der Waals surface area contributed by atoms with Crippen molar-refractivity contribution in [3.8, 4) is 0 Å². The van der Waals surface area contributed by atoms with Gasteiger partial charge < -0.3 is 5.32 Å². The molecule has 3 rings (SSSR count). The largest absolute Gasteiger partial charge is 0.335 e. The molecule has 0 heterocycles. The lowest BCUT2D eigenvalue weighted by atomic mass is 9.77. The van der Waals surface area contributed by atoms with Crippen LogP contribution in [0.25, 0.3) is 0 Å². The van der Waals surface area contributed by atoms with Crippen molar-refractivity contribution in [3.63, 3.8) is 0 Å². The quantitative estimate of drug-likeness (QED) is 0.880. The molecule has 3 heteroatoms. The molecule has 0 unspecified atom stereocenters. The zero-order chi connectivity index (χ0) is 16.1. The summed E-state index contributed by atoms with van der Waals surface area (Å²) in [4.78, 5) is 14.3. The molecule has 3 nitrogen and oxygen atoms in total. The van der Waals surface area contributed by atoms with Crippen LogP contribution in [-0.2, 0) is 6.42 Å². The Hall–Kier alpha value is -2.29. The van der Waals surface area contributed by atoms with Gasteiger partial charge in [-0.05, 0) is 49.8 Å². The number of hydrogen-bond acceptors (Lipinski definition) is 1. The summed E-state index contributed by atoms with van der Waals surface area (Å²) in [6, 6.07) is 20.8. The van der Waals surface area contributed by atoms with Crippen molar-refractivity contribution in [2.24, 2.45) is 5.92 Å². The summed E-state index contributed by atoms with van der Waals surface area (Å²) in [5, 5.41) is 3.17. The third kappa shape index (κ3) is 3.92. The van der Waals surface area contributed by atoms with Crippen molar-refractivity contribution < 1.29 is 4.79 Å². The van der Waals surface area contributed by atoms with Crippen LogP contribution in [0.2, 0.25) is 0 Å². The molecule has 0 saturated heterocycles. The molecule has 1 aliphatic rings. The van der Waals surface area contributed by atoms with Gasteiger partial charge in [-0.1, -0.05) is 48.5 Å². The number of nitrogens with one attached hydrogen (secondary N) is 1. The second kappa shape index (κ2) is 7.32. The summed E-state index contributed by atoms with van der Waals surface area (Å²) in [6.07, 6.45) is 3.27. The van der Waals surface area contributed by atoms with Gasteiger partial charge in [-0.25, -0.2) is 4.79 Å². The number of urea groups is 1. The lowest BCUT2D eigenvalue weighted by Gasteiger charge is -2.37. The maximum Gasteiger partial charge on any atom is 0.322 e. The van der Waals surface area contributed by atoms with Crippen molar-refractivity contribution in [3.05, 3.63) is 66.2 Å². The van der Waals surface area contributed by atoms with Crippen LogP contribution in [-0.4, -0.2) is 18.6 Å². The summed E-state index contributed by atoms with van der Waals surface area (Å²) in [5.41, 5.74) is 2.34. The first-order valence-corrected chi connectivity index (χ1v) is 8.43. The highest BCUT2D eigenvalue weighted by atomic mass is 16.2. The number of para-hydroxylation sites is 1. The molecule has 2 aromatic rings. The van der Waals surface area contributed by atoms with Gasteiger partial charge >= 0.3 is 6.03 Å². The van der Waals surface area contributed by atoms with E-state index in [1.807, 2.05) is 37.3 Å². The second-order valence-corrected chi connectivity index (χ2v) is 6.25. The van der Waals surface area contributed by atoms with Gasteiger partial charge in [-0.15, -0.1) is 0 Å². The number of benzene rings is 2. The van der Waals surface area contributed by atoms with Crippen LogP contribution in [0, 0.1) is 5.92 Å². The van der Waals surface area contributed by atoms with Gasteiger partial charge in [0, 0.05) is 18.3 Å². The van der Waals surface area contributed by atoms with Gasteiger partial charge in [-0.2, -0.15) is 0 Å². The topological polar surface area (TPSA) is 32.3 Å². The van der Waals surface area contributed by atoms with Gasteiger partial charge in [-0.3, -0.25) is 4.90 Å². The molecule has 0 bridgehead atoms. The Labute approximate surface area is 138 Å². The van der Waals surface area contributed by atoms with E-state index < -0.39 is 0 Å². The Morgan fingerprint density at radius 1 is 1.04 bits per heavy atom. The number of hydrogen-bond donors (Lipinski definition) is 1. The second-order valence-electron chi connectivity index (χ2n) is 6.25. The van der Waals surface area contributed by atoms with Crippen LogP contribution < -0.4 is 10.2 Å². The van der Waals surface area contributed by atoms with E-state index in [9.17, 15) is 4.79 Å². The molecule has 2 aromatic carbocycles. The van der Waals surface area contributed by atoms with Crippen LogP contribution in [0.1, 0.15) is 25.3 Å². The average Bonchev–Trinajstić information content (AvgIpc) is 2.55. The normalized spacial score (nSPS) is 19.7. The van der Waals surface area contributed by atoms with E-state index in [4.69, 9.17) is 0 Å². The average molecular weight is 308 g/mol. The number of anilines is 1. The molecule has 23 heavy (non-hydrogen) atoms. The van der Waals surface area contributed by atoms with E-state index in [0.29, 0.717) is 18.5 Å². The number of nitrogens with zero attached hydrogens (tertiary/aromatic N) is 1. The summed E-state index contributed by atoms with van der Waals surface area (Å²) in [7, 11) is 0. The molecule has 0 aromatic heterocycles. The van der Waals surface area contributed by atoms with Gasteiger partial charge in [0.25, 0.3) is 0 Å². The minimum atomic E-state index is 0.0156. The Morgan fingerprint density at radius 2 is 1.65 bits per heavy atom. The molecule has 0 radical (unpaired) electrons. The third-order valence-corrected chi connectivity index (χ3v) is 4.56. The van der Waals surface area contributed by atoms with Crippen LogP contribution in [0.4, 0.5) is 10.5 Å². The summed E-state index contributed by atoms with van der Waals surface area (Å²) < 4.78 is 0. The molecule has 0 aliphatic heterocycles.